The first-order valence-corrected chi connectivity index (χ1v) is 12.1. The molecule has 12 heteroatoms. The zero-order valence-corrected chi connectivity index (χ0v) is 19.6. The van der Waals surface area contributed by atoms with Crippen molar-refractivity contribution in [1.29, 1.82) is 0 Å². The van der Waals surface area contributed by atoms with Crippen LogP contribution in [0.2, 0.25) is 0 Å². The Bertz CT molecular complexity index is 1580. The number of fused-ring (bicyclic) bond motifs is 1. The molecular formula is C23H21N7O4S. The van der Waals surface area contributed by atoms with E-state index in [1.54, 1.807) is 12.1 Å². The lowest BCUT2D eigenvalue weighted by atomic mass is 10.2. The second-order valence-corrected chi connectivity index (χ2v) is 9.23. The van der Waals surface area contributed by atoms with E-state index in [9.17, 15) is 8.42 Å². The van der Waals surface area contributed by atoms with Crippen molar-refractivity contribution in [2.24, 2.45) is 0 Å². The fourth-order valence-electron chi connectivity index (χ4n) is 3.43. The van der Waals surface area contributed by atoms with Crippen molar-refractivity contribution < 1.29 is 17.7 Å². The van der Waals surface area contributed by atoms with Crippen LogP contribution in [0.3, 0.4) is 0 Å². The van der Waals surface area contributed by atoms with Crippen molar-refractivity contribution in [3.05, 3.63) is 66.6 Å². The maximum Gasteiger partial charge on any atom is 0.266 e. The number of H-pyrrole nitrogens is 1. The number of methoxy groups -OCH3 is 1. The predicted molar refractivity (Wildman–Crippen MR) is 130 cm³/mol. The predicted octanol–water partition coefficient (Wildman–Crippen LogP) is 4.12. The lowest BCUT2D eigenvalue weighted by molar-refractivity contribution is 0.417. The van der Waals surface area contributed by atoms with Crippen LogP contribution in [0.15, 0.2) is 70.3 Å². The summed E-state index contributed by atoms with van der Waals surface area (Å²) in [6.07, 6.45) is 3.31. The van der Waals surface area contributed by atoms with Gasteiger partial charge in [-0.2, -0.15) is 5.10 Å². The van der Waals surface area contributed by atoms with Gasteiger partial charge in [-0.25, -0.2) is 18.4 Å². The summed E-state index contributed by atoms with van der Waals surface area (Å²) >= 11 is 0. The molecule has 0 spiro atoms. The molecule has 0 saturated carbocycles. The van der Waals surface area contributed by atoms with Gasteiger partial charge in [-0.3, -0.25) is 9.82 Å². The third kappa shape index (κ3) is 4.51. The van der Waals surface area contributed by atoms with Crippen LogP contribution in [0.25, 0.3) is 22.4 Å². The molecule has 35 heavy (non-hydrogen) atoms. The number of hydrogen-bond donors (Lipinski definition) is 3. The molecule has 0 radical (unpaired) electrons. The van der Waals surface area contributed by atoms with E-state index in [1.807, 2.05) is 43.3 Å². The molecule has 3 heterocycles. The average Bonchev–Trinajstić information content (AvgIpc) is 3.50. The van der Waals surface area contributed by atoms with Gasteiger partial charge in [0.2, 0.25) is 0 Å². The first-order chi connectivity index (χ1) is 17.0. The van der Waals surface area contributed by atoms with Crippen LogP contribution in [0.4, 0.5) is 17.3 Å². The van der Waals surface area contributed by atoms with E-state index in [-0.39, 0.29) is 10.7 Å². The molecule has 11 nitrogen and oxygen atoms in total. The molecule has 0 fully saturated rings. The van der Waals surface area contributed by atoms with Crippen molar-refractivity contribution in [2.75, 3.05) is 17.1 Å². The average molecular weight is 492 g/mol. The molecule has 0 unspecified atom stereocenters. The van der Waals surface area contributed by atoms with E-state index in [0.717, 1.165) is 17.7 Å². The highest BCUT2D eigenvalue weighted by molar-refractivity contribution is 7.92. The molecule has 5 aromatic rings. The minimum Gasteiger partial charge on any atom is -0.495 e. The van der Waals surface area contributed by atoms with E-state index in [4.69, 9.17) is 9.26 Å². The number of hydrogen-bond acceptors (Lipinski definition) is 9. The number of aromatic amines is 1. The van der Waals surface area contributed by atoms with E-state index in [0.29, 0.717) is 34.0 Å². The number of ether oxygens (including phenoxy) is 1. The van der Waals surface area contributed by atoms with Crippen molar-refractivity contribution in [1.82, 2.24) is 25.3 Å². The third-order valence-corrected chi connectivity index (χ3v) is 6.56. The Kier molecular flexibility index (Phi) is 5.79. The monoisotopic (exact) mass is 491 g/mol. The molecule has 0 saturated heterocycles. The Morgan fingerprint density at radius 2 is 1.86 bits per heavy atom. The molecular weight excluding hydrogens is 470 g/mol. The first kappa shape index (κ1) is 22.3. The molecule has 0 bridgehead atoms. The fourth-order valence-corrected chi connectivity index (χ4v) is 4.33. The topological polar surface area (TPSA) is 148 Å². The van der Waals surface area contributed by atoms with Crippen LogP contribution < -0.4 is 14.8 Å². The van der Waals surface area contributed by atoms with Crippen molar-refractivity contribution >= 4 is 38.3 Å². The number of sulfonamides is 1. The van der Waals surface area contributed by atoms with E-state index in [2.05, 4.69) is 35.4 Å². The van der Waals surface area contributed by atoms with Gasteiger partial charge in [-0.1, -0.05) is 42.4 Å². The van der Waals surface area contributed by atoms with Crippen LogP contribution in [0.5, 0.6) is 5.75 Å². The lowest BCUT2D eigenvalue weighted by Gasteiger charge is -2.09. The maximum atomic E-state index is 13.0. The van der Waals surface area contributed by atoms with Crippen molar-refractivity contribution in [2.45, 2.75) is 18.2 Å². The minimum atomic E-state index is -4.02. The minimum absolute atomic E-state index is 0.0185. The number of anilines is 3. The Balaban J connectivity index is 1.41. The summed E-state index contributed by atoms with van der Waals surface area (Å²) < 4.78 is 39.2. The lowest BCUT2D eigenvalue weighted by Crippen LogP contribution is -2.14. The van der Waals surface area contributed by atoms with Crippen LogP contribution >= 0.6 is 0 Å². The molecule has 0 aliphatic heterocycles. The van der Waals surface area contributed by atoms with Gasteiger partial charge in [-0.05, 0) is 12.5 Å². The summed E-state index contributed by atoms with van der Waals surface area (Å²) in [7, 11) is -2.51. The van der Waals surface area contributed by atoms with Crippen molar-refractivity contribution in [3.8, 4) is 17.1 Å². The van der Waals surface area contributed by atoms with E-state index in [1.165, 1.54) is 19.5 Å². The van der Waals surface area contributed by atoms with Crippen molar-refractivity contribution in [3.63, 3.8) is 0 Å². The quantitative estimate of drug-likeness (QED) is 0.291. The van der Waals surface area contributed by atoms with Crippen LogP contribution in [-0.2, 0) is 16.4 Å². The standard InChI is InChI=1S/C23H21N7O4S/c1-3-15-9-21(28-27-15)26-18-11-19-17(10-20(18)33-2)23(29-34-19)30-35(31,32)16-12-24-22(25-13-16)14-7-5-4-6-8-14/h4-13H,3H2,1-2H3,(H,29,30)(H2,26,27,28). The molecule has 3 aromatic heterocycles. The van der Waals surface area contributed by atoms with Gasteiger partial charge >= 0.3 is 0 Å². The molecule has 0 atom stereocenters. The largest absolute Gasteiger partial charge is 0.495 e. The zero-order valence-electron chi connectivity index (χ0n) is 18.8. The van der Waals surface area contributed by atoms with Gasteiger partial charge in [-0.15, -0.1) is 0 Å². The number of rotatable bonds is 8. The third-order valence-electron chi connectivity index (χ3n) is 5.27. The number of nitrogens with one attached hydrogen (secondary N) is 3. The van der Waals surface area contributed by atoms with Crippen LogP contribution in [0, 0.1) is 0 Å². The Labute approximate surface area is 200 Å². The Morgan fingerprint density at radius 3 is 2.54 bits per heavy atom. The number of aromatic nitrogens is 5. The van der Waals surface area contributed by atoms with Gasteiger partial charge in [0.1, 0.15) is 10.6 Å². The number of benzene rings is 2. The second kappa shape index (κ2) is 9.06. The number of nitrogens with zero attached hydrogens (tertiary/aromatic N) is 4. The van der Waals surface area contributed by atoms with E-state index >= 15 is 0 Å². The van der Waals surface area contributed by atoms with Gasteiger partial charge in [0.25, 0.3) is 10.0 Å². The number of aryl methyl sites for hydroxylation is 1. The molecule has 0 aliphatic carbocycles. The summed E-state index contributed by atoms with van der Waals surface area (Å²) in [5.41, 5.74) is 2.70. The van der Waals surface area contributed by atoms with Crippen LogP contribution in [-0.4, -0.2) is 40.8 Å². The molecule has 0 aliphatic rings. The Hall–Kier alpha value is -4.45. The highest BCUT2D eigenvalue weighted by Crippen LogP contribution is 2.36. The zero-order chi connectivity index (χ0) is 24.4. The molecule has 0 amide bonds. The highest BCUT2D eigenvalue weighted by Gasteiger charge is 2.21. The maximum absolute atomic E-state index is 13.0. The fraction of sp³-hybridized carbons (Fsp3) is 0.130. The van der Waals surface area contributed by atoms with Gasteiger partial charge in [0.15, 0.2) is 23.0 Å². The summed E-state index contributed by atoms with van der Waals surface area (Å²) in [5, 5.41) is 14.6. The molecule has 5 rings (SSSR count). The van der Waals surface area contributed by atoms with Gasteiger partial charge in [0, 0.05) is 23.4 Å². The van der Waals surface area contributed by atoms with Crippen LogP contribution in [0.1, 0.15) is 12.6 Å². The smallest absolute Gasteiger partial charge is 0.266 e. The molecule has 3 N–H and O–H groups in total. The van der Waals surface area contributed by atoms with Gasteiger partial charge < -0.3 is 14.6 Å². The normalized spacial score (nSPS) is 11.5. The van der Waals surface area contributed by atoms with Gasteiger partial charge in [0.05, 0.1) is 30.6 Å². The summed E-state index contributed by atoms with van der Waals surface area (Å²) in [6, 6.07) is 14.4. The molecule has 178 valence electrons. The SMILES string of the molecule is CCc1cc(Nc2cc3onc(NS(=O)(=O)c4cnc(-c5ccccc5)nc4)c3cc2OC)n[nH]1. The first-order valence-electron chi connectivity index (χ1n) is 10.7. The Morgan fingerprint density at radius 1 is 1.09 bits per heavy atom. The molecule has 2 aromatic carbocycles. The summed E-state index contributed by atoms with van der Waals surface area (Å²) in [6.45, 7) is 2.02. The summed E-state index contributed by atoms with van der Waals surface area (Å²) in [4.78, 5) is 8.26. The summed E-state index contributed by atoms with van der Waals surface area (Å²) in [5.74, 6) is 1.51. The second-order valence-electron chi connectivity index (χ2n) is 7.55. The van der Waals surface area contributed by atoms with E-state index < -0.39 is 10.0 Å². The highest BCUT2D eigenvalue weighted by atomic mass is 32.2.